The third-order valence-electron chi connectivity index (χ3n) is 2.29. The number of halogens is 1. The minimum absolute atomic E-state index is 0.223. The minimum Gasteiger partial charge on any atom is -0.396 e. The molecule has 90 valence electrons. The van der Waals surface area contributed by atoms with Gasteiger partial charge in [-0.25, -0.2) is 0 Å². The van der Waals surface area contributed by atoms with Crippen molar-refractivity contribution in [2.24, 2.45) is 0 Å². The van der Waals surface area contributed by atoms with Crippen LogP contribution in [0.1, 0.15) is 31.9 Å². The van der Waals surface area contributed by atoms with Crippen LogP contribution in [0.4, 0.5) is 0 Å². The summed E-state index contributed by atoms with van der Waals surface area (Å²) >= 11 is 5.19. The van der Waals surface area contributed by atoms with Gasteiger partial charge in [0.05, 0.1) is 6.10 Å². The highest BCUT2D eigenvalue weighted by Crippen LogP contribution is 2.31. The molecule has 0 spiro atoms. The molecular formula is C12H17BrO2S. The zero-order valence-corrected chi connectivity index (χ0v) is 11.9. The molecule has 0 aliphatic carbocycles. The Kier molecular flexibility index (Phi) is 5.83. The van der Waals surface area contributed by atoms with E-state index in [4.69, 9.17) is 5.11 Å². The summed E-state index contributed by atoms with van der Waals surface area (Å²) in [7, 11) is 0. The summed E-state index contributed by atoms with van der Waals surface area (Å²) in [4.78, 5) is 1.15. The van der Waals surface area contributed by atoms with Gasteiger partial charge in [-0.1, -0.05) is 28.9 Å². The van der Waals surface area contributed by atoms with Crippen molar-refractivity contribution in [3.05, 3.63) is 28.2 Å². The maximum Gasteiger partial charge on any atom is 0.0772 e. The lowest BCUT2D eigenvalue weighted by atomic mass is 10.1. The summed E-state index contributed by atoms with van der Waals surface area (Å²) in [5.74, 6) is 0. The molecule has 2 N–H and O–H groups in total. The number of aliphatic hydroxyl groups excluding tert-OH is 2. The number of hydrogen-bond donors (Lipinski definition) is 2. The van der Waals surface area contributed by atoms with Gasteiger partial charge in [-0.15, -0.1) is 11.8 Å². The highest BCUT2D eigenvalue weighted by Gasteiger charge is 2.09. The predicted octanol–water partition coefficient (Wildman–Crippen LogP) is 3.37. The standard InChI is InChI=1S/C12H17BrO2S/c1-8(5-6-14)16-10-3-4-11(9(2)15)12(13)7-10/h3-4,7-9,14-15H,5-6H2,1-2H3/t8?,9-/m1/s1. The van der Waals surface area contributed by atoms with Crippen LogP contribution in [0.15, 0.2) is 27.6 Å². The van der Waals surface area contributed by atoms with E-state index in [1.165, 1.54) is 0 Å². The topological polar surface area (TPSA) is 40.5 Å². The number of hydrogen-bond acceptors (Lipinski definition) is 3. The molecule has 2 nitrogen and oxygen atoms in total. The molecule has 2 atom stereocenters. The number of aliphatic hydroxyl groups is 2. The molecule has 1 aromatic carbocycles. The van der Waals surface area contributed by atoms with Crippen LogP contribution in [0.25, 0.3) is 0 Å². The van der Waals surface area contributed by atoms with Crippen molar-refractivity contribution in [1.29, 1.82) is 0 Å². The average Bonchev–Trinajstić information content (AvgIpc) is 2.17. The molecule has 0 fully saturated rings. The van der Waals surface area contributed by atoms with E-state index in [0.717, 1.165) is 21.4 Å². The summed E-state index contributed by atoms with van der Waals surface area (Å²) in [6.45, 7) is 4.07. The fraction of sp³-hybridized carbons (Fsp3) is 0.500. The molecule has 1 unspecified atom stereocenters. The second-order valence-electron chi connectivity index (χ2n) is 3.80. The molecule has 0 aliphatic heterocycles. The van der Waals surface area contributed by atoms with Crippen LogP contribution >= 0.6 is 27.7 Å². The van der Waals surface area contributed by atoms with E-state index in [-0.39, 0.29) is 6.61 Å². The molecular weight excluding hydrogens is 288 g/mol. The van der Waals surface area contributed by atoms with E-state index in [9.17, 15) is 5.11 Å². The summed E-state index contributed by atoms with van der Waals surface area (Å²) in [5, 5.41) is 18.7. The van der Waals surface area contributed by atoms with E-state index in [0.29, 0.717) is 5.25 Å². The highest BCUT2D eigenvalue weighted by atomic mass is 79.9. The van der Waals surface area contributed by atoms with Gasteiger partial charge in [-0.05, 0) is 31.0 Å². The summed E-state index contributed by atoms with van der Waals surface area (Å²) in [6.07, 6.45) is 0.337. The summed E-state index contributed by atoms with van der Waals surface area (Å²) in [6, 6.07) is 5.95. The van der Waals surface area contributed by atoms with Gasteiger partial charge in [0.2, 0.25) is 0 Å². The van der Waals surface area contributed by atoms with Crippen LogP contribution < -0.4 is 0 Å². The normalized spacial score (nSPS) is 14.8. The van der Waals surface area contributed by atoms with Gasteiger partial charge < -0.3 is 10.2 Å². The molecule has 0 radical (unpaired) electrons. The maximum absolute atomic E-state index is 9.49. The Bertz CT molecular complexity index is 342. The largest absolute Gasteiger partial charge is 0.396 e. The average molecular weight is 305 g/mol. The molecule has 0 bridgehead atoms. The molecule has 0 saturated carbocycles. The van der Waals surface area contributed by atoms with E-state index in [2.05, 4.69) is 22.9 Å². The second-order valence-corrected chi connectivity index (χ2v) is 6.17. The van der Waals surface area contributed by atoms with Crippen LogP contribution in [0.3, 0.4) is 0 Å². The van der Waals surface area contributed by atoms with Gasteiger partial charge in [0.25, 0.3) is 0 Å². The van der Waals surface area contributed by atoms with Crippen molar-refractivity contribution in [3.8, 4) is 0 Å². The zero-order chi connectivity index (χ0) is 12.1. The van der Waals surface area contributed by atoms with Crippen molar-refractivity contribution >= 4 is 27.7 Å². The molecule has 0 aromatic heterocycles. The van der Waals surface area contributed by atoms with Crippen molar-refractivity contribution in [1.82, 2.24) is 0 Å². The van der Waals surface area contributed by atoms with Crippen molar-refractivity contribution in [3.63, 3.8) is 0 Å². The molecule has 1 aromatic rings. The first-order valence-electron chi connectivity index (χ1n) is 5.29. The summed E-state index contributed by atoms with van der Waals surface area (Å²) < 4.78 is 0.934. The Morgan fingerprint density at radius 1 is 1.38 bits per heavy atom. The first-order chi connectivity index (χ1) is 7.54. The molecule has 0 amide bonds. The van der Waals surface area contributed by atoms with Crippen molar-refractivity contribution < 1.29 is 10.2 Å². The van der Waals surface area contributed by atoms with Crippen LogP contribution in [-0.4, -0.2) is 22.1 Å². The van der Waals surface area contributed by atoms with Crippen LogP contribution in [0.5, 0.6) is 0 Å². The van der Waals surface area contributed by atoms with Crippen molar-refractivity contribution in [2.75, 3.05) is 6.61 Å². The Hall–Kier alpha value is -0.0300. The zero-order valence-electron chi connectivity index (χ0n) is 9.48. The third-order valence-corrected chi connectivity index (χ3v) is 4.15. The second kappa shape index (κ2) is 6.64. The van der Waals surface area contributed by atoms with E-state index < -0.39 is 6.10 Å². The minimum atomic E-state index is -0.455. The van der Waals surface area contributed by atoms with Gasteiger partial charge in [-0.2, -0.15) is 0 Å². The van der Waals surface area contributed by atoms with Gasteiger partial charge in [-0.3, -0.25) is 0 Å². The Morgan fingerprint density at radius 3 is 2.56 bits per heavy atom. The lowest BCUT2D eigenvalue weighted by Crippen LogP contribution is -1.99. The predicted molar refractivity (Wildman–Crippen MR) is 71.8 cm³/mol. The Morgan fingerprint density at radius 2 is 2.06 bits per heavy atom. The molecule has 1 rings (SSSR count). The van der Waals surface area contributed by atoms with Gasteiger partial charge in [0.15, 0.2) is 0 Å². The number of benzene rings is 1. The number of rotatable bonds is 5. The number of thioether (sulfide) groups is 1. The molecule has 16 heavy (non-hydrogen) atoms. The van der Waals surface area contributed by atoms with Crippen LogP contribution in [-0.2, 0) is 0 Å². The SMILES string of the molecule is CC(CCO)Sc1ccc([C@@H](C)O)c(Br)c1. The van der Waals surface area contributed by atoms with Crippen LogP contribution in [0, 0.1) is 0 Å². The van der Waals surface area contributed by atoms with E-state index >= 15 is 0 Å². The Labute approximate surface area is 109 Å². The summed E-state index contributed by atoms with van der Waals surface area (Å²) in [5.41, 5.74) is 0.902. The Balaban J connectivity index is 2.73. The maximum atomic E-state index is 9.49. The fourth-order valence-corrected chi connectivity index (χ4v) is 3.28. The third kappa shape index (κ3) is 4.09. The molecule has 0 saturated heterocycles. The fourth-order valence-electron chi connectivity index (χ4n) is 1.39. The monoisotopic (exact) mass is 304 g/mol. The molecule has 0 heterocycles. The van der Waals surface area contributed by atoms with E-state index in [1.807, 2.05) is 18.2 Å². The van der Waals surface area contributed by atoms with Gasteiger partial charge >= 0.3 is 0 Å². The van der Waals surface area contributed by atoms with Crippen molar-refractivity contribution in [2.45, 2.75) is 36.5 Å². The quantitative estimate of drug-likeness (QED) is 0.820. The lowest BCUT2D eigenvalue weighted by molar-refractivity contribution is 0.198. The highest BCUT2D eigenvalue weighted by molar-refractivity contribution is 9.10. The first kappa shape index (κ1) is 14.0. The first-order valence-corrected chi connectivity index (χ1v) is 6.97. The van der Waals surface area contributed by atoms with Gasteiger partial charge in [0, 0.05) is 21.2 Å². The smallest absolute Gasteiger partial charge is 0.0772 e. The molecule has 4 heteroatoms. The van der Waals surface area contributed by atoms with Crippen LogP contribution in [0.2, 0.25) is 0 Å². The lowest BCUT2D eigenvalue weighted by Gasteiger charge is -2.12. The molecule has 0 aliphatic rings. The van der Waals surface area contributed by atoms with E-state index in [1.54, 1.807) is 18.7 Å². The van der Waals surface area contributed by atoms with Gasteiger partial charge in [0.1, 0.15) is 0 Å².